The van der Waals surface area contributed by atoms with Crippen LogP contribution in [0.1, 0.15) is 29.8 Å². The molecular formula is C25H25BrN2O4S. The molecule has 0 fully saturated rings. The summed E-state index contributed by atoms with van der Waals surface area (Å²) in [4.78, 5) is 12.9. The quantitative estimate of drug-likeness (QED) is 0.440. The summed E-state index contributed by atoms with van der Waals surface area (Å²) in [6, 6.07) is 18.9. The number of ether oxygens (including phenoxy) is 1. The van der Waals surface area contributed by atoms with Crippen LogP contribution >= 0.6 is 15.9 Å². The van der Waals surface area contributed by atoms with Crippen LogP contribution in [0.15, 0.2) is 76.1 Å². The predicted molar refractivity (Wildman–Crippen MR) is 134 cm³/mol. The predicted octanol–water partition coefficient (Wildman–Crippen LogP) is 5.49. The van der Waals surface area contributed by atoms with Gasteiger partial charge in [0.1, 0.15) is 5.75 Å². The number of para-hydroxylation sites is 1. The minimum atomic E-state index is -3.67. The first-order valence-corrected chi connectivity index (χ1v) is 12.9. The van der Waals surface area contributed by atoms with Crippen LogP contribution in [0.3, 0.4) is 0 Å². The van der Waals surface area contributed by atoms with E-state index in [9.17, 15) is 13.2 Å². The van der Waals surface area contributed by atoms with Gasteiger partial charge in [0.2, 0.25) is 0 Å². The Morgan fingerprint density at radius 2 is 1.82 bits per heavy atom. The summed E-state index contributed by atoms with van der Waals surface area (Å²) in [6.45, 7) is 5.14. The SMILES string of the molecule is CC(C)COc1ccc(C(=O)Nc2ccc(S(=O)(=O)N3CCc4ccccc43)cc2)cc1Br. The lowest BCUT2D eigenvalue weighted by molar-refractivity contribution is 0.102. The molecule has 6 nitrogen and oxygen atoms in total. The fraction of sp³-hybridized carbons (Fsp3) is 0.240. The number of carbonyl (C=O) groups excluding carboxylic acids is 1. The number of hydrogen-bond donors (Lipinski definition) is 1. The van der Waals surface area contributed by atoms with Crippen LogP contribution < -0.4 is 14.4 Å². The molecule has 0 saturated heterocycles. The van der Waals surface area contributed by atoms with E-state index in [0.717, 1.165) is 11.3 Å². The Morgan fingerprint density at radius 3 is 2.52 bits per heavy atom. The number of halogens is 1. The molecule has 0 bridgehead atoms. The molecule has 0 aliphatic carbocycles. The molecular weight excluding hydrogens is 504 g/mol. The van der Waals surface area contributed by atoms with Gasteiger partial charge < -0.3 is 10.1 Å². The zero-order chi connectivity index (χ0) is 23.6. The second-order valence-electron chi connectivity index (χ2n) is 8.28. The number of benzene rings is 3. The van der Waals surface area contributed by atoms with Crippen molar-refractivity contribution in [2.75, 3.05) is 22.8 Å². The van der Waals surface area contributed by atoms with Crippen LogP contribution in [0.25, 0.3) is 0 Å². The zero-order valence-corrected chi connectivity index (χ0v) is 20.8. The Morgan fingerprint density at radius 1 is 1.09 bits per heavy atom. The molecule has 0 spiro atoms. The molecule has 3 aromatic rings. The summed E-state index contributed by atoms with van der Waals surface area (Å²) in [5.74, 6) is 0.778. The average molecular weight is 529 g/mol. The number of nitrogens with zero attached hydrogens (tertiary/aromatic N) is 1. The van der Waals surface area contributed by atoms with Crippen LogP contribution in [0.4, 0.5) is 11.4 Å². The van der Waals surface area contributed by atoms with Crippen molar-refractivity contribution in [3.8, 4) is 5.75 Å². The number of nitrogens with one attached hydrogen (secondary N) is 1. The van der Waals surface area contributed by atoms with E-state index in [1.807, 2.05) is 24.3 Å². The highest BCUT2D eigenvalue weighted by molar-refractivity contribution is 9.10. The Bertz CT molecular complexity index is 1270. The third-order valence-corrected chi connectivity index (χ3v) is 7.76. The largest absolute Gasteiger partial charge is 0.492 e. The van der Waals surface area contributed by atoms with Crippen LogP contribution in [0, 0.1) is 5.92 Å². The van der Waals surface area contributed by atoms with Gasteiger partial charge in [0, 0.05) is 17.8 Å². The molecule has 1 aliphatic heterocycles. The Hall–Kier alpha value is -2.84. The molecule has 0 atom stereocenters. The molecule has 0 radical (unpaired) electrons. The first kappa shape index (κ1) is 23.3. The molecule has 1 amide bonds. The second-order valence-corrected chi connectivity index (χ2v) is 11.0. The van der Waals surface area contributed by atoms with Gasteiger partial charge in [-0.15, -0.1) is 0 Å². The molecule has 0 unspecified atom stereocenters. The van der Waals surface area contributed by atoms with Crippen LogP contribution in [0.2, 0.25) is 0 Å². The van der Waals surface area contributed by atoms with Gasteiger partial charge in [0.05, 0.1) is 21.7 Å². The molecule has 33 heavy (non-hydrogen) atoms. The maximum Gasteiger partial charge on any atom is 0.264 e. The summed E-state index contributed by atoms with van der Waals surface area (Å²) in [5.41, 5.74) is 2.72. The van der Waals surface area contributed by atoms with Crippen molar-refractivity contribution in [3.05, 3.63) is 82.3 Å². The van der Waals surface area contributed by atoms with Crippen LogP contribution in [-0.4, -0.2) is 27.5 Å². The third-order valence-electron chi connectivity index (χ3n) is 5.31. The normalized spacial score (nSPS) is 13.2. The van der Waals surface area contributed by atoms with E-state index in [4.69, 9.17) is 4.74 Å². The van der Waals surface area contributed by atoms with E-state index in [0.29, 0.717) is 47.0 Å². The van der Waals surface area contributed by atoms with Gasteiger partial charge in [-0.3, -0.25) is 9.10 Å². The summed E-state index contributed by atoms with van der Waals surface area (Å²) in [7, 11) is -3.67. The van der Waals surface area contributed by atoms with E-state index in [1.165, 1.54) is 16.4 Å². The van der Waals surface area contributed by atoms with Gasteiger partial charge in [-0.2, -0.15) is 0 Å². The Balaban J connectivity index is 1.46. The van der Waals surface area contributed by atoms with Crippen molar-refractivity contribution in [1.29, 1.82) is 0 Å². The molecule has 3 aromatic carbocycles. The molecule has 1 heterocycles. The molecule has 1 N–H and O–H groups in total. The van der Waals surface area contributed by atoms with Crippen molar-refractivity contribution >= 4 is 43.2 Å². The van der Waals surface area contributed by atoms with Crippen molar-refractivity contribution in [2.24, 2.45) is 5.92 Å². The first-order chi connectivity index (χ1) is 15.8. The van der Waals surface area contributed by atoms with Gasteiger partial charge >= 0.3 is 0 Å². The third kappa shape index (κ3) is 5.07. The number of rotatable bonds is 7. The van der Waals surface area contributed by atoms with Crippen LogP contribution in [0.5, 0.6) is 5.75 Å². The maximum atomic E-state index is 13.1. The minimum Gasteiger partial charge on any atom is -0.492 e. The lowest BCUT2D eigenvalue weighted by Gasteiger charge is -2.19. The highest BCUT2D eigenvalue weighted by Gasteiger charge is 2.30. The smallest absolute Gasteiger partial charge is 0.264 e. The fourth-order valence-electron chi connectivity index (χ4n) is 3.61. The zero-order valence-electron chi connectivity index (χ0n) is 18.4. The van der Waals surface area contributed by atoms with E-state index in [2.05, 4.69) is 35.1 Å². The van der Waals surface area contributed by atoms with E-state index < -0.39 is 10.0 Å². The van der Waals surface area contributed by atoms with Crippen LogP contribution in [-0.2, 0) is 16.4 Å². The van der Waals surface area contributed by atoms with Crippen molar-refractivity contribution < 1.29 is 17.9 Å². The molecule has 4 rings (SSSR count). The minimum absolute atomic E-state index is 0.187. The number of amides is 1. The highest BCUT2D eigenvalue weighted by Crippen LogP contribution is 2.33. The van der Waals surface area contributed by atoms with E-state index in [-0.39, 0.29) is 10.8 Å². The maximum absolute atomic E-state index is 13.1. The number of fused-ring (bicyclic) bond motifs is 1. The standard InChI is InChI=1S/C25H25BrN2O4S/c1-17(2)16-32-24-12-7-19(15-22(24)26)25(29)27-20-8-10-21(11-9-20)33(30,31)28-14-13-18-5-3-4-6-23(18)28/h3-12,15,17H,13-14,16H2,1-2H3,(H,27,29). The average Bonchev–Trinajstić information content (AvgIpc) is 3.23. The number of sulfonamides is 1. The Labute approximate surface area is 202 Å². The first-order valence-electron chi connectivity index (χ1n) is 10.7. The van der Waals surface area contributed by atoms with Crippen molar-refractivity contribution in [1.82, 2.24) is 0 Å². The van der Waals surface area contributed by atoms with Crippen molar-refractivity contribution in [2.45, 2.75) is 25.2 Å². The lowest BCUT2D eigenvalue weighted by atomic mass is 10.2. The molecule has 0 aromatic heterocycles. The Kier molecular flexibility index (Phi) is 6.76. The molecule has 1 aliphatic rings. The number of hydrogen-bond acceptors (Lipinski definition) is 4. The van der Waals surface area contributed by atoms with Gasteiger partial charge in [0.25, 0.3) is 15.9 Å². The fourth-order valence-corrected chi connectivity index (χ4v) is 5.61. The monoisotopic (exact) mass is 528 g/mol. The van der Waals surface area contributed by atoms with Gasteiger partial charge in [-0.25, -0.2) is 8.42 Å². The topological polar surface area (TPSA) is 75.7 Å². The highest BCUT2D eigenvalue weighted by atomic mass is 79.9. The molecule has 8 heteroatoms. The summed E-state index contributed by atoms with van der Waals surface area (Å²) in [6.07, 6.45) is 0.695. The second kappa shape index (κ2) is 9.57. The van der Waals surface area contributed by atoms with Gasteiger partial charge in [-0.1, -0.05) is 32.0 Å². The summed E-state index contributed by atoms with van der Waals surface area (Å²) < 4.78 is 34.1. The molecule has 172 valence electrons. The van der Waals surface area contributed by atoms with E-state index in [1.54, 1.807) is 30.3 Å². The van der Waals surface area contributed by atoms with E-state index >= 15 is 0 Å². The number of carbonyl (C=O) groups is 1. The van der Waals surface area contributed by atoms with Crippen molar-refractivity contribution in [3.63, 3.8) is 0 Å². The summed E-state index contributed by atoms with van der Waals surface area (Å²) in [5, 5.41) is 2.81. The van der Waals surface area contributed by atoms with Gasteiger partial charge in [-0.05, 0) is 82.4 Å². The lowest BCUT2D eigenvalue weighted by Crippen LogP contribution is -2.29. The number of anilines is 2. The summed E-state index contributed by atoms with van der Waals surface area (Å²) >= 11 is 3.45. The van der Waals surface area contributed by atoms with Gasteiger partial charge in [0.15, 0.2) is 0 Å². The molecule has 0 saturated carbocycles.